The van der Waals surface area contributed by atoms with Gasteiger partial charge in [-0.1, -0.05) is 41.2 Å². The summed E-state index contributed by atoms with van der Waals surface area (Å²) in [5.41, 5.74) is 2.27. The molecule has 31 heavy (non-hydrogen) atoms. The van der Waals surface area contributed by atoms with Crippen LogP contribution in [0.15, 0.2) is 47.1 Å². The van der Waals surface area contributed by atoms with Gasteiger partial charge in [0, 0.05) is 33.1 Å². The predicted octanol–water partition coefficient (Wildman–Crippen LogP) is 3.32. The molecule has 0 spiro atoms. The summed E-state index contributed by atoms with van der Waals surface area (Å²) in [6, 6.07) is 11.8. The summed E-state index contributed by atoms with van der Waals surface area (Å²) in [6.45, 7) is 6.45. The highest BCUT2D eigenvalue weighted by molar-refractivity contribution is 7.17. The van der Waals surface area contributed by atoms with E-state index in [2.05, 4.69) is 46.2 Å². The summed E-state index contributed by atoms with van der Waals surface area (Å²) in [5.74, 6) is 1.19. The van der Waals surface area contributed by atoms with E-state index in [1.165, 1.54) is 21.4 Å². The number of furan rings is 1. The van der Waals surface area contributed by atoms with Crippen LogP contribution in [0.3, 0.4) is 0 Å². The van der Waals surface area contributed by atoms with Crippen LogP contribution >= 0.6 is 11.3 Å². The predicted molar refractivity (Wildman–Crippen MR) is 117 cm³/mol. The van der Waals surface area contributed by atoms with E-state index in [-0.39, 0.29) is 17.8 Å². The van der Waals surface area contributed by atoms with Crippen LogP contribution in [-0.4, -0.2) is 61.6 Å². The summed E-state index contributed by atoms with van der Waals surface area (Å²) < 4.78 is 6.86. The SMILES string of the molecule is CC(=O)N1CCN([C@@H](c2ccc(C)cc2)c2sc3nc(-c4ccco4)nn3c2O)CC1. The quantitative estimate of drug-likeness (QED) is 0.527. The Morgan fingerprint density at radius 3 is 2.52 bits per heavy atom. The summed E-state index contributed by atoms with van der Waals surface area (Å²) in [6.07, 6.45) is 1.57. The van der Waals surface area contributed by atoms with E-state index >= 15 is 0 Å². The molecule has 0 radical (unpaired) electrons. The Balaban J connectivity index is 1.54. The van der Waals surface area contributed by atoms with Crippen LogP contribution in [0, 0.1) is 6.92 Å². The molecule has 9 heteroatoms. The third-order valence-corrected chi connectivity index (χ3v) is 6.78. The van der Waals surface area contributed by atoms with E-state index < -0.39 is 0 Å². The van der Waals surface area contributed by atoms with Crippen LogP contribution in [0.1, 0.15) is 29.0 Å². The van der Waals surface area contributed by atoms with Crippen LogP contribution in [0.25, 0.3) is 16.5 Å². The van der Waals surface area contributed by atoms with Crippen molar-refractivity contribution in [1.82, 2.24) is 24.4 Å². The number of hydrogen-bond acceptors (Lipinski definition) is 7. The highest BCUT2D eigenvalue weighted by Crippen LogP contribution is 2.40. The van der Waals surface area contributed by atoms with Gasteiger partial charge in [-0.15, -0.1) is 5.10 Å². The van der Waals surface area contributed by atoms with E-state index in [1.807, 2.05) is 4.90 Å². The first kappa shape index (κ1) is 19.8. The van der Waals surface area contributed by atoms with Gasteiger partial charge in [0.1, 0.15) is 0 Å². The minimum absolute atomic E-state index is 0.0879. The average molecular weight is 438 g/mol. The third kappa shape index (κ3) is 3.60. The fourth-order valence-corrected chi connectivity index (χ4v) is 5.13. The number of nitrogens with zero attached hydrogens (tertiary/aromatic N) is 5. The maximum Gasteiger partial charge on any atom is 0.230 e. The summed E-state index contributed by atoms with van der Waals surface area (Å²) in [4.78, 5) is 21.9. The van der Waals surface area contributed by atoms with Gasteiger partial charge >= 0.3 is 0 Å². The van der Waals surface area contributed by atoms with Crippen molar-refractivity contribution < 1.29 is 14.3 Å². The van der Waals surface area contributed by atoms with Gasteiger partial charge in [0.15, 0.2) is 5.76 Å². The van der Waals surface area contributed by atoms with Gasteiger partial charge in [-0.2, -0.15) is 9.50 Å². The van der Waals surface area contributed by atoms with E-state index in [0.29, 0.717) is 29.6 Å². The molecule has 160 valence electrons. The van der Waals surface area contributed by atoms with E-state index in [0.717, 1.165) is 23.5 Å². The monoisotopic (exact) mass is 437 g/mol. The van der Waals surface area contributed by atoms with Gasteiger partial charge < -0.3 is 14.4 Å². The van der Waals surface area contributed by atoms with Crippen molar-refractivity contribution in [3.05, 3.63) is 58.7 Å². The first-order valence-corrected chi connectivity index (χ1v) is 11.0. The molecular weight excluding hydrogens is 414 g/mol. The molecule has 5 rings (SSSR count). The highest BCUT2D eigenvalue weighted by atomic mass is 32.1. The number of benzene rings is 1. The Kier molecular flexibility index (Phi) is 4.99. The normalized spacial score (nSPS) is 16.1. The fourth-order valence-electron chi connectivity index (χ4n) is 4.01. The highest BCUT2D eigenvalue weighted by Gasteiger charge is 2.32. The molecule has 1 atom stereocenters. The fraction of sp³-hybridized carbons (Fsp3) is 0.318. The molecule has 0 bridgehead atoms. The topological polar surface area (TPSA) is 87.1 Å². The molecule has 0 saturated carbocycles. The van der Waals surface area contributed by atoms with Gasteiger partial charge in [0.25, 0.3) is 0 Å². The number of rotatable bonds is 4. The number of aryl methyl sites for hydroxylation is 1. The van der Waals surface area contributed by atoms with Crippen LogP contribution < -0.4 is 0 Å². The Morgan fingerprint density at radius 2 is 1.90 bits per heavy atom. The summed E-state index contributed by atoms with van der Waals surface area (Å²) >= 11 is 1.43. The number of aromatic hydroxyl groups is 1. The lowest BCUT2D eigenvalue weighted by Crippen LogP contribution is -2.49. The van der Waals surface area contributed by atoms with Gasteiger partial charge in [-0.25, -0.2) is 0 Å². The minimum Gasteiger partial charge on any atom is -0.492 e. The Hall–Kier alpha value is -3.17. The number of piperazine rings is 1. The van der Waals surface area contributed by atoms with Crippen LogP contribution in [0.2, 0.25) is 0 Å². The third-order valence-electron chi connectivity index (χ3n) is 5.71. The number of hydrogen-bond donors (Lipinski definition) is 1. The number of aromatic nitrogens is 3. The molecule has 1 aliphatic heterocycles. The molecule has 4 aromatic rings. The number of carbonyl (C=O) groups excluding carboxylic acids is 1. The van der Waals surface area contributed by atoms with Crippen molar-refractivity contribution in [2.24, 2.45) is 0 Å². The molecule has 1 fully saturated rings. The lowest BCUT2D eigenvalue weighted by atomic mass is 10.0. The number of carbonyl (C=O) groups is 1. The molecule has 1 aromatic carbocycles. The number of fused-ring (bicyclic) bond motifs is 1. The lowest BCUT2D eigenvalue weighted by Gasteiger charge is -2.38. The zero-order valence-corrected chi connectivity index (χ0v) is 18.2. The molecule has 1 saturated heterocycles. The van der Waals surface area contributed by atoms with E-state index in [4.69, 9.17) is 4.42 Å². The summed E-state index contributed by atoms with van der Waals surface area (Å²) in [7, 11) is 0. The van der Waals surface area contributed by atoms with Crippen molar-refractivity contribution in [1.29, 1.82) is 0 Å². The molecule has 4 heterocycles. The maximum absolute atomic E-state index is 11.8. The van der Waals surface area contributed by atoms with Gasteiger partial charge in [-0.05, 0) is 24.6 Å². The van der Waals surface area contributed by atoms with Crippen molar-refractivity contribution in [2.45, 2.75) is 19.9 Å². The van der Waals surface area contributed by atoms with Crippen LogP contribution in [0.5, 0.6) is 5.88 Å². The lowest BCUT2D eigenvalue weighted by molar-refractivity contribution is -0.130. The van der Waals surface area contributed by atoms with Crippen molar-refractivity contribution in [3.8, 4) is 17.5 Å². The maximum atomic E-state index is 11.8. The molecule has 3 aromatic heterocycles. The summed E-state index contributed by atoms with van der Waals surface area (Å²) in [5, 5.41) is 15.6. The van der Waals surface area contributed by atoms with Crippen molar-refractivity contribution in [2.75, 3.05) is 26.2 Å². The molecule has 1 aliphatic rings. The standard InChI is InChI=1S/C22H23N5O3S/c1-14-5-7-16(8-6-14)18(26-11-9-25(10-12-26)15(2)28)19-21(29)27-22(31-19)23-20(24-27)17-4-3-13-30-17/h3-8,13,18,29H,9-12H2,1-2H3/t18-/m0/s1. The largest absolute Gasteiger partial charge is 0.492 e. The van der Waals surface area contributed by atoms with E-state index in [1.54, 1.807) is 25.3 Å². The first-order chi connectivity index (χ1) is 15.0. The Labute approximate surface area is 183 Å². The molecular formula is C22H23N5O3S. The molecule has 0 aliphatic carbocycles. The van der Waals surface area contributed by atoms with E-state index in [9.17, 15) is 9.90 Å². The Bertz CT molecular complexity index is 1200. The van der Waals surface area contributed by atoms with Crippen LogP contribution in [-0.2, 0) is 4.79 Å². The van der Waals surface area contributed by atoms with Crippen molar-refractivity contribution >= 4 is 22.2 Å². The Morgan fingerprint density at radius 1 is 1.16 bits per heavy atom. The van der Waals surface area contributed by atoms with Crippen LogP contribution in [0.4, 0.5) is 0 Å². The zero-order chi connectivity index (χ0) is 21.5. The molecule has 8 nitrogen and oxygen atoms in total. The second-order valence-electron chi connectivity index (χ2n) is 7.75. The van der Waals surface area contributed by atoms with Gasteiger partial charge in [0.2, 0.25) is 22.6 Å². The second-order valence-corrected chi connectivity index (χ2v) is 8.76. The van der Waals surface area contributed by atoms with Gasteiger partial charge in [-0.3, -0.25) is 9.69 Å². The van der Waals surface area contributed by atoms with Gasteiger partial charge in [0.05, 0.1) is 17.2 Å². The average Bonchev–Trinajstić information content (AvgIpc) is 3.49. The first-order valence-electron chi connectivity index (χ1n) is 10.2. The molecule has 0 unspecified atom stereocenters. The molecule has 1 N–H and O–H groups in total. The minimum atomic E-state index is -0.143. The van der Waals surface area contributed by atoms with Crippen molar-refractivity contribution in [3.63, 3.8) is 0 Å². The second kappa shape index (κ2) is 7.82. The smallest absolute Gasteiger partial charge is 0.230 e. The number of amides is 1. The zero-order valence-electron chi connectivity index (χ0n) is 17.4. The molecule has 1 amide bonds. The number of thiazole rings is 1.